The Morgan fingerprint density at radius 2 is 2.32 bits per heavy atom. The number of hydrogen-bond acceptors (Lipinski definition) is 2. The molecule has 1 aromatic rings. The summed E-state index contributed by atoms with van der Waals surface area (Å²) in [6.45, 7) is 1.50. The van der Waals surface area contributed by atoms with Crippen LogP contribution in [0.4, 0.5) is 4.39 Å². The summed E-state index contributed by atoms with van der Waals surface area (Å²) in [7, 11) is 0. The first kappa shape index (κ1) is 14.5. The molecule has 1 amide bonds. The van der Waals surface area contributed by atoms with Gasteiger partial charge >= 0.3 is 0 Å². The van der Waals surface area contributed by atoms with E-state index in [-0.39, 0.29) is 30.7 Å². The number of hydrogen-bond donors (Lipinski definition) is 1. The Morgan fingerprint density at radius 1 is 1.53 bits per heavy atom. The van der Waals surface area contributed by atoms with E-state index in [1.165, 1.54) is 6.07 Å². The second kappa shape index (κ2) is 6.48. The average molecular weight is 330 g/mol. The molecule has 5 heteroatoms. The number of carbonyl (C=O) groups is 1. The normalized spacial score (nSPS) is 19.5. The first-order valence-corrected chi connectivity index (χ1v) is 7.22. The summed E-state index contributed by atoms with van der Waals surface area (Å²) in [5.41, 5.74) is 0.796. The SMILES string of the molecule is O=C(Cc1ccc(F)c(Br)c1)N1CCCC(CO)C1. The minimum Gasteiger partial charge on any atom is -0.396 e. The summed E-state index contributed by atoms with van der Waals surface area (Å²) in [6, 6.07) is 4.63. The van der Waals surface area contributed by atoms with Crippen molar-refractivity contribution in [2.45, 2.75) is 19.3 Å². The summed E-state index contributed by atoms with van der Waals surface area (Å²) < 4.78 is 13.5. The van der Waals surface area contributed by atoms with Crippen LogP contribution in [0.3, 0.4) is 0 Å². The Bertz CT molecular complexity index is 467. The van der Waals surface area contributed by atoms with Crippen LogP contribution in [0.1, 0.15) is 18.4 Å². The number of nitrogens with zero attached hydrogens (tertiary/aromatic N) is 1. The van der Waals surface area contributed by atoms with Crippen LogP contribution in [0.15, 0.2) is 22.7 Å². The van der Waals surface area contributed by atoms with E-state index >= 15 is 0 Å². The van der Waals surface area contributed by atoms with Gasteiger partial charge in [0, 0.05) is 19.7 Å². The molecule has 1 N–H and O–H groups in total. The van der Waals surface area contributed by atoms with Crippen LogP contribution >= 0.6 is 15.9 Å². The highest BCUT2D eigenvalue weighted by Gasteiger charge is 2.23. The van der Waals surface area contributed by atoms with Crippen molar-refractivity contribution >= 4 is 21.8 Å². The molecule has 1 heterocycles. The molecule has 0 bridgehead atoms. The molecule has 3 nitrogen and oxygen atoms in total. The number of piperidine rings is 1. The van der Waals surface area contributed by atoms with E-state index in [0.717, 1.165) is 24.9 Å². The fourth-order valence-corrected chi connectivity index (χ4v) is 2.80. The fourth-order valence-electron chi connectivity index (χ4n) is 2.38. The zero-order valence-corrected chi connectivity index (χ0v) is 12.2. The number of benzene rings is 1. The molecule has 1 atom stereocenters. The third-order valence-electron chi connectivity index (χ3n) is 3.47. The van der Waals surface area contributed by atoms with E-state index < -0.39 is 0 Å². The molecule has 0 aliphatic carbocycles. The molecule has 1 aromatic carbocycles. The summed E-state index contributed by atoms with van der Waals surface area (Å²) in [4.78, 5) is 14.0. The Morgan fingerprint density at radius 3 is 3.00 bits per heavy atom. The first-order chi connectivity index (χ1) is 9.10. The number of aliphatic hydroxyl groups is 1. The molecule has 1 saturated heterocycles. The van der Waals surface area contributed by atoms with Crippen LogP contribution < -0.4 is 0 Å². The van der Waals surface area contributed by atoms with E-state index in [1.807, 2.05) is 0 Å². The number of likely N-dealkylation sites (tertiary alicyclic amines) is 1. The number of aliphatic hydroxyl groups excluding tert-OH is 1. The maximum atomic E-state index is 13.1. The van der Waals surface area contributed by atoms with E-state index in [0.29, 0.717) is 11.0 Å². The van der Waals surface area contributed by atoms with Gasteiger partial charge in [-0.25, -0.2) is 4.39 Å². The second-order valence-corrected chi connectivity index (χ2v) is 5.81. The summed E-state index contributed by atoms with van der Waals surface area (Å²) in [5.74, 6) is -0.0937. The predicted molar refractivity (Wildman–Crippen MR) is 74.2 cm³/mol. The van der Waals surface area contributed by atoms with Crippen molar-refractivity contribution in [1.29, 1.82) is 0 Å². The van der Waals surface area contributed by atoms with Crippen LogP contribution in [-0.4, -0.2) is 35.6 Å². The summed E-state index contributed by atoms with van der Waals surface area (Å²) in [6.07, 6.45) is 2.18. The average Bonchev–Trinajstić information content (AvgIpc) is 2.43. The largest absolute Gasteiger partial charge is 0.396 e. The van der Waals surface area contributed by atoms with Gasteiger partial charge in [0.15, 0.2) is 0 Å². The molecular formula is C14H17BrFNO2. The van der Waals surface area contributed by atoms with Crippen molar-refractivity contribution in [3.8, 4) is 0 Å². The Balaban J connectivity index is 1.98. The van der Waals surface area contributed by atoms with Gasteiger partial charge in [-0.15, -0.1) is 0 Å². The lowest BCUT2D eigenvalue weighted by atomic mass is 9.98. The molecule has 19 heavy (non-hydrogen) atoms. The predicted octanol–water partition coefficient (Wildman–Crippen LogP) is 2.36. The van der Waals surface area contributed by atoms with Gasteiger partial charge in [0.2, 0.25) is 5.91 Å². The minimum absolute atomic E-state index is 0.0386. The molecule has 0 radical (unpaired) electrons. The standard InChI is InChI=1S/C14H17BrFNO2/c15-12-6-10(3-4-13(12)16)7-14(19)17-5-1-2-11(8-17)9-18/h3-4,6,11,18H,1-2,5,7-9H2. The van der Waals surface area contributed by atoms with Gasteiger partial charge in [-0.3, -0.25) is 4.79 Å². The maximum absolute atomic E-state index is 13.1. The van der Waals surface area contributed by atoms with Gasteiger partial charge in [-0.1, -0.05) is 6.07 Å². The summed E-state index contributed by atoms with van der Waals surface area (Å²) >= 11 is 3.12. The molecule has 0 saturated carbocycles. The van der Waals surface area contributed by atoms with Crippen LogP contribution in [0.25, 0.3) is 0 Å². The van der Waals surface area contributed by atoms with Gasteiger partial charge in [-0.2, -0.15) is 0 Å². The highest BCUT2D eigenvalue weighted by molar-refractivity contribution is 9.10. The number of carbonyl (C=O) groups excluding carboxylic acids is 1. The molecule has 1 aliphatic rings. The van der Waals surface area contributed by atoms with Crippen LogP contribution in [-0.2, 0) is 11.2 Å². The zero-order chi connectivity index (χ0) is 13.8. The molecule has 0 aromatic heterocycles. The van der Waals surface area contributed by atoms with E-state index in [4.69, 9.17) is 5.11 Å². The van der Waals surface area contributed by atoms with Crippen molar-refractivity contribution in [2.24, 2.45) is 5.92 Å². The van der Waals surface area contributed by atoms with Crippen LogP contribution in [0.2, 0.25) is 0 Å². The Kier molecular flexibility index (Phi) is 4.93. The van der Waals surface area contributed by atoms with Crippen LogP contribution in [0.5, 0.6) is 0 Å². The highest BCUT2D eigenvalue weighted by atomic mass is 79.9. The third-order valence-corrected chi connectivity index (χ3v) is 4.08. The molecule has 2 rings (SSSR count). The molecule has 1 unspecified atom stereocenters. The molecular weight excluding hydrogens is 313 g/mol. The first-order valence-electron chi connectivity index (χ1n) is 6.42. The third kappa shape index (κ3) is 3.76. The lowest BCUT2D eigenvalue weighted by molar-refractivity contribution is -0.132. The second-order valence-electron chi connectivity index (χ2n) is 4.96. The monoisotopic (exact) mass is 329 g/mol. The lowest BCUT2D eigenvalue weighted by Gasteiger charge is -2.32. The number of amides is 1. The van der Waals surface area contributed by atoms with Gasteiger partial charge in [0.1, 0.15) is 5.82 Å². The minimum atomic E-state index is -0.325. The fraction of sp³-hybridized carbons (Fsp3) is 0.500. The smallest absolute Gasteiger partial charge is 0.227 e. The summed E-state index contributed by atoms with van der Waals surface area (Å²) in [5, 5.41) is 9.16. The van der Waals surface area contributed by atoms with Crippen molar-refractivity contribution in [1.82, 2.24) is 4.90 Å². The molecule has 1 fully saturated rings. The molecule has 0 spiro atoms. The van der Waals surface area contributed by atoms with Gasteiger partial charge in [-0.05, 0) is 52.4 Å². The number of rotatable bonds is 3. The van der Waals surface area contributed by atoms with Crippen molar-refractivity contribution in [3.05, 3.63) is 34.1 Å². The van der Waals surface area contributed by atoms with Crippen molar-refractivity contribution < 1.29 is 14.3 Å². The zero-order valence-electron chi connectivity index (χ0n) is 10.6. The Hall–Kier alpha value is -0.940. The van der Waals surface area contributed by atoms with Crippen LogP contribution in [0, 0.1) is 11.7 Å². The van der Waals surface area contributed by atoms with E-state index in [2.05, 4.69) is 15.9 Å². The highest BCUT2D eigenvalue weighted by Crippen LogP contribution is 2.20. The maximum Gasteiger partial charge on any atom is 0.227 e. The van der Waals surface area contributed by atoms with Gasteiger partial charge in [0.05, 0.1) is 10.9 Å². The van der Waals surface area contributed by atoms with E-state index in [9.17, 15) is 9.18 Å². The van der Waals surface area contributed by atoms with Gasteiger partial charge in [0.25, 0.3) is 0 Å². The quantitative estimate of drug-likeness (QED) is 0.924. The number of halogens is 2. The Labute approximate surface area is 120 Å². The van der Waals surface area contributed by atoms with Gasteiger partial charge < -0.3 is 10.0 Å². The van der Waals surface area contributed by atoms with Crippen molar-refractivity contribution in [3.63, 3.8) is 0 Å². The molecule has 1 aliphatic heterocycles. The van der Waals surface area contributed by atoms with E-state index in [1.54, 1.807) is 17.0 Å². The molecule has 104 valence electrons. The topological polar surface area (TPSA) is 40.5 Å². The lowest BCUT2D eigenvalue weighted by Crippen LogP contribution is -2.41. The van der Waals surface area contributed by atoms with Crippen molar-refractivity contribution in [2.75, 3.05) is 19.7 Å².